The van der Waals surface area contributed by atoms with Crippen molar-refractivity contribution in [2.24, 2.45) is 11.8 Å². The first kappa shape index (κ1) is 32.3. The number of allylic oxidation sites excluding steroid dienone is 2. The summed E-state index contributed by atoms with van der Waals surface area (Å²) in [4.78, 5) is 17.5. The van der Waals surface area contributed by atoms with Crippen molar-refractivity contribution in [2.75, 3.05) is 43.4 Å². The number of carbonyl (C=O) groups excluding carboxylic acids is 1. The monoisotopic (exact) mass is 571 g/mol. The highest BCUT2D eigenvalue weighted by Crippen LogP contribution is 2.38. The van der Waals surface area contributed by atoms with Crippen molar-refractivity contribution in [3.63, 3.8) is 0 Å². The van der Waals surface area contributed by atoms with Crippen molar-refractivity contribution in [2.45, 2.75) is 104 Å². The number of nitrogens with two attached hydrogens (primary N) is 1. The van der Waals surface area contributed by atoms with E-state index in [0.29, 0.717) is 36.4 Å². The summed E-state index contributed by atoms with van der Waals surface area (Å²) >= 11 is 0. The first-order valence-electron chi connectivity index (χ1n) is 17.0. The number of nitrogen functional groups attached to an aromatic ring is 1. The first-order valence-corrected chi connectivity index (χ1v) is 17.0. The van der Waals surface area contributed by atoms with Gasteiger partial charge in [-0.1, -0.05) is 52.0 Å². The third-order valence-corrected chi connectivity index (χ3v) is 10.2. The highest BCUT2D eigenvalue weighted by Gasteiger charge is 2.27. The maximum Gasteiger partial charge on any atom is 0.132 e. The lowest BCUT2D eigenvalue weighted by atomic mass is 9.80. The van der Waals surface area contributed by atoms with Gasteiger partial charge in [-0.2, -0.15) is 0 Å². The molecule has 0 radical (unpaired) electrons. The van der Waals surface area contributed by atoms with Crippen LogP contribution in [0.25, 0.3) is 5.57 Å². The van der Waals surface area contributed by atoms with Gasteiger partial charge in [0.25, 0.3) is 0 Å². The highest BCUT2D eigenvalue weighted by molar-refractivity contribution is 5.79. The van der Waals surface area contributed by atoms with Crippen LogP contribution in [0.5, 0.6) is 0 Å². The minimum Gasteiger partial charge on any atom is -0.399 e. The Morgan fingerprint density at radius 2 is 1.64 bits per heavy atom. The number of ketones is 1. The lowest BCUT2D eigenvalue weighted by Gasteiger charge is -2.38. The van der Waals surface area contributed by atoms with Crippen molar-refractivity contribution < 1.29 is 4.79 Å². The van der Waals surface area contributed by atoms with Crippen LogP contribution < -0.4 is 10.6 Å². The van der Waals surface area contributed by atoms with E-state index >= 15 is 0 Å². The molecule has 0 bridgehead atoms. The molecule has 4 heteroatoms. The van der Waals surface area contributed by atoms with Gasteiger partial charge in [-0.05, 0) is 135 Å². The van der Waals surface area contributed by atoms with Gasteiger partial charge in [0.1, 0.15) is 5.78 Å². The molecule has 2 aliphatic heterocycles. The molecule has 0 saturated carbocycles. The number of nitrogens with zero attached hydrogens (tertiary/aromatic N) is 2. The molecule has 2 heterocycles. The number of rotatable bonds is 13. The summed E-state index contributed by atoms with van der Waals surface area (Å²) in [6.45, 7) is 17.2. The Balaban J connectivity index is 1.33. The quantitative estimate of drug-likeness (QED) is 0.244. The normalized spacial score (nSPS) is 19.2. The standard InChI is InChI=1S/C38H57N3O/c1-6-9-35(42)16-10-29(5)36(8-3)37-17-11-32(26-38(37)28(4)7-2)31-20-22-40(23-21-31)27-30-18-24-41(25-19-30)34-14-12-33(39)13-15-34/h8,11-15,17,26,28-31H,6-7,9-10,16,18-25,27,39H2,1-5H3/b36-8-. The van der Waals surface area contributed by atoms with E-state index in [1.807, 2.05) is 12.1 Å². The molecule has 230 valence electrons. The average Bonchev–Trinajstić information content (AvgIpc) is 3.01. The van der Waals surface area contributed by atoms with Crippen molar-refractivity contribution in [3.05, 3.63) is 65.2 Å². The maximum atomic E-state index is 12.2. The van der Waals surface area contributed by atoms with Crippen LogP contribution >= 0.6 is 0 Å². The molecule has 4 nitrogen and oxygen atoms in total. The predicted octanol–water partition coefficient (Wildman–Crippen LogP) is 9.07. The largest absolute Gasteiger partial charge is 0.399 e. The zero-order chi connectivity index (χ0) is 30.1. The van der Waals surface area contributed by atoms with E-state index in [4.69, 9.17) is 5.73 Å². The molecule has 2 aromatic rings. The van der Waals surface area contributed by atoms with Gasteiger partial charge in [-0.25, -0.2) is 0 Å². The van der Waals surface area contributed by atoms with E-state index in [-0.39, 0.29) is 0 Å². The molecule has 0 aromatic heterocycles. The Hall–Kier alpha value is -2.59. The van der Waals surface area contributed by atoms with Crippen LogP contribution in [0, 0.1) is 11.8 Å². The molecular formula is C38H57N3O. The molecule has 2 unspecified atom stereocenters. The van der Waals surface area contributed by atoms with Crippen LogP contribution in [0.4, 0.5) is 11.4 Å². The van der Waals surface area contributed by atoms with Crippen molar-refractivity contribution in [1.82, 2.24) is 4.90 Å². The molecule has 2 aromatic carbocycles. The molecular weight excluding hydrogens is 514 g/mol. The number of anilines is 2. The Morgan fingerprint density at radius 3 is 2.26 bits per heavy atom. The fourth-order valence-corrected chi connectivity index (χ4v) is 7.24. The third-order valence-electron chi connectivity index (χ3n) is 10.2. The van der Waals surface area contributed by atoms with Gasteiger partial charge in [0.15, 0.2) is 0 Å². The van der Waals surface area contributed by atoms with Crippen LogP contribution in [0.3, 0.4) is 0 Å². The molecule has 2 fully saturated rings. The van der Waals surface area contributed by atoms with E-state index in [9.17, 15) is 4.79 Å². The second-order valence-corrected chi connectivity index (χ2v) is 13.2. The van der Waals surface area contributed by atoms with E-state index in [2.05, 4.69) is 80.8 Å². The van der Waals surface area contributed by atoms with E-state index in [0.717, 1.165) is 44.0 Å². The van der Waals surface area contributed by atoms with Crippen LogP contribution in [0.15, 0.2) is 48.5 Å². The average molecular weight is 572 g/mol. The number of piperidine rings is 2. The lowest BCUT2D eigenvalue weighted by molar-refractivity contribution is -0.119. The molecule has 2 aliphatic rings. The number of hydrogen-bond donors (Lipinski definition) is 1. The maximum absolute atomic E-state index is 12.2. The number of carbonyl (C=O) groups is 1. The first-order chi connectivity index (χ1) is 20.3. The second-order valence-electron chi connectivity index (χ2n) is 13.2. The molecule has 2 N–H and O–H groups in total. The molecule has 0 amide bonds. The fraction of sp³-hybridized carbons (Fsp3) is 0.605. The lowest BCUT2D eigenvalue weighted by Crippen LogP contribution is -2.41. The topological polar surface area (TPSA) is 49.6 Å². The fourth-order valence-electron chi connectivity index (χ4n) is 7.24. The van der Waals surface area contributed by atoms with Crippen molar-refractivity contribution >= 4 is 22.7 Å². The number of hydrogen-bond acceptors (Lipinski definition) is 4. The van der Waals surface area contributed by atoms with Crippen LogP contribution in [-0.4, -0.2) is 43.4 Å². The summed E-state index contributed by atoms with van der Waals surface area (Å²) in [5, 5.41) is 0. The second kappa shape index (κ2) is 15.8. The summed E-state index contributed by atoms with van der Waals surface area (Å²) < 4.78 is 0. The summed E-state index contributed by atoms with van der Waals surface area (Å²) in [6, 6.07) is 15.8. The van der Waals surface area contributed by atoms with Gasteiger partial charge in [0.2, 0.25) is 0 Å². The Morgan fingerprint density at radius 1 is 0.952 bits per heavy atom. The minimum absolute atomic E-state index is 0.394. The molecule has 0 spiro atoms. The Kier molecular flexibility index (Phi) is 12.1. The molecule has 0 aliphatic carbocycles. The van der Waals surface area contributed by atoms with Gasteiger partial charge in [-0.3, -0.25) is 4.79 Å². The zero-order valence-electron chi connectivity index (χ0n) is 27.2. The van der Waals surface area contributed by atoms with Crippen LogP contribution in [-0.2, 0) is 4.79 Å². The summed E-state index contributed by atoms with van der Waals surface area (Å²) in [5.41, 5.74) is 13.9. The molecule has 2 saturated heterocycles. The van der Waals surface area contributed by atoms with Crippen LogP contribution in [0.2, 0.25) is 0 Å². The predicted molar refractivity (Wildman–Crippen MR) is 181 cm³/mol. The van der Waals surface area contributed by atoms with Gasteiger partial charge >= 0.3 is 0 Å². The van der Waals surface area contributed by atoms with Crippen molar-refractivity contribution in [3.8, 4) is 0 Å². The van der Waals surface area contributed by atoms with Crippen LogP contribution in [0.1, 0.15) is 121 Å². The van der Waals surface area contributed by atoms with E-state index < -0.39 is 0 Å². The molecule has 2 atom stereocenters. The number of likely N-dealkylation sites (tertiary alicyclic amines) is 1. The Labute approximate surface area is 256 Å². The van der Waals surface area contributed by atoms with Gasteiger partial charge < -0.3 is 15.5 Å². The van der Waals surface area contributed by atoms with Crippen molar-refractivity contribution in [1.29, 1.82) is 0 Å². The van der Waals surface area contributed by atoms with Gasteiger partial charge in [0, 0.05) is 43.9 Å². The molecule has 4 rings (SSSR count). The third kappa shape index (κ3) is 8.49. The van der Waals surface area contributed by atoms with Gasteiger partial charge in [-0.15, -0.1) is 0 Å². The van der Waals surface area contributed by atoms with Gasteiger partial charge in [0.05, 0.1) is 0 Å². The van der Waals surface area contributed by atoms with E-state index in [1.54, 1.807) is 0 Å². The summed E-state index contributed by atoms with van der Waals surface area (Å²) in [6.07, 6.45) is 11.8. The Bertz CT molecular complexity index is 1150. The zero-order valence-corrected chi connectivity index (χ0v) is 27.2. The highest BCUT2D eigenvalue weighted by atomic mass is 16.1. The SMILES string of the molecule is C/C=C(\c1ccc(C2CCN(CC3CCN(c4ccc(N)cc4)CC3)CC2)cc1C(C)CC)C(C)CCC(=O)CCC. The molecule has 42 heavy (non-hydrogen) atoms. The number of Topliss-reactive ketones (excluding diaryl/α,β-unsaturated/α-hetero) is 1. The summed E-state index contributed by atoms with van der Waals surface area (Å²) in [5.74, 6) is 2.80. The van der Waals surface area contributed by atoms with E-state index in [1.165, 1.54) is 73.3 Å². The summed E-state index contributed by atoms with van der Waals surface area (Å²) in [7, 11) is 0. The minimum atomic E-state index is 0.394. The number of benzene rings is 2. The smallest absolute Gasteiger partial charge is 0.132 e.